The van der Waals surface area contributed by atoms with Gasteiger partial charge in [-0.3, -0.25) is 4.79 Å². The molecule has 0 aromatic heterocycles. The second-order valence-electron chi connectivity index (χ2n) is 4.86. The quantitative estimate of drug-likeness (QED) is 0.476. The average Bonchev–Trinajstić information content (AvgIpc) is 2.58. The normalized spacial score (nSPS) is 11.9. The van der Waals surface area contributed by atoms with Gasteiger partial charge >= 0.3 is 12.1 Å². The van der Waals surface area contributed by atoms with E-state index in [-0.39, 0.29) is 16.7 Å². The van der Waals surface area contributed by atoms with E-state index >= 15 is 0 Å². The van der Waals surface area contributed by atoms with Crippen LogP contribution in [0, 0.1) is 0 Å². The summed E-state index contributed by atoms with van der Waals surface area (Å²) in [5.41, 5.74) is -0.969. The molecule has 0 N–H and O–H groups in total. The van der Waals surface area contributed by atoms with Crippen molar-refractivity contribution in [1.29, 1.82) is 0 Å². The minimum absolute atomic E-state index is 0.0488. The third-order valence-corrected chi connectivity index (χ3v) is 3.23. The van der Waals surface area contributed by atoms with Crippen LogP contribution in [0.2, 0.25) is 0 Å². The van der Waals surface area contributed by atoms with Crippen molar-refractivity contribution in [2.75, 3.05) is 7.11 Å². The predicted molar refractivity (Wildman–Crippen MR) is 82.6 cm³/mol. The summed E-state index contributed by atoms with van der Waals surface area (Å²) in [6, 6.07) is 12.5. The molecule has 0 aliphatic carbocycles. The molecule has 0 saturated heterocycles. The first-order chi connectivity index (χ1) is 11.3. The van der Waals surface area contributed by atoms with Gasteiger partial charge in [-0.15, -0.1) is 0 Å². The molecule has 0 atom stereocenters. The van der Waals surface area contributed by atoms with Gasteiger partial charge in [-0.05, 0) is 23.8 Å². The van der Waals surface area contributed by atoms with Crippen LogP contribution in [0.3, 0.4) is 0 Å². The first-order valence-electron chi connectivity index (χ1n) is 6.90. The lowest BCUT2D eigenvalue weighted by atomic mass is 10.00. The molecule has 3 nitrogen and oxygen atoms in total. The summed E-state index contributed by atoms with van der Waals surface area (Å²) in [6.07, 6.45) is -4.04. The average molecular weight is 334 g/mol. The van der Waals surface area contributed by atoms with Crippen molar-refractivity contribution in [2.24, 2.45) is 0 Å². The van der Waals surface area contributed by atoms with Crippen molar-refractivity contribution in [3.8, 4) is 0 Å². The molecule has 0 spiro atoms. The summed E-state index contributed by atoms with van der Waals surface area (Å²) in [6.45, 7) is 0. The zero-order valence-electron chi connectivity index (χ0n) is 12.6. The Kier molecular flexibility index (Phi) is 5.18. The molecule has 2 aromatic rings. The van der Waals surface area contributed by atoms with Gasteiger partial charge in [-0.1, -0.05) is 42.5 Å². The number of allylic oxidation sites excluding steroid dienone is 1. The van der Waals surface area contributed by atoms with Gasteiger partial charge in [-0.25, -0.2) is 4.79 Å². The zero-order valence-corrected chi connectivity index (χ0v) is 12.6. The van der Waals surface area contributed by atoms with Crippen molar-refractivity contribution >= 4 is 17.8 Å². The number of Topliss-reactive ketones (excluding diaryl/α,β-unsaturated/α-hetero) is 1. The molecule has 0 aliphatic heterocycles. The number of rotatable bonds is 4. The molecule has 0 heterocycles. The number of benzene rings is 2. The van der Waals surface area contributed by atoms with Crippen LogP contribution in [0.25, 0.3) is 6.08 Å². The summed E-state index contributed by atoms with van der Waals surface area (Å²) < 4.78 is 44.2. The molecule has 124 valence electrons. The molecule has 0 bridgehead atoms. The third kappa shape index (κ3) is 4.10. The lowest BCUT2D eigenvalue weighted by Gasteiger charge is -2.11. The molecule has 6 heteroatoms. The maximum atomic E-state index is 13.2. The number of esters is 1. The van der Waals surface area contributed by atoms with Crippen molar-refractivity contribution in [2.45, 2.75) is 6.18 Å². The van der Waals surface area contributed by atoms with Crippen LogP contribution >= 0.6 is 0 Å². The fraction of sp³-hybridized carbons (Fsp3) is 0.111. The number of ketones is 1. The fourth-order valence-corrected chi connectivity index (χ4v) is 2.02. The van der Waals surface area contributed by atoms with Crippen LogP contribution in [0.4, 0.5) is 13.2 Å². The molecule has 2 aromatic carbocycles. The molecular formula is C18H13F3O3. The van der Waals surface area contributed by atoms with E-state index in [4.69, 9.17) is 0 Å². The number of hydrogen-bond acceptors (Lipinski definition) is 3. The Balaban J connectivity index is 2.40. The standard InChI is InChI=1S/C18H13F3O3/c1-24-17(23)14-9-7-12(8-10-14)11-15(18(19,20)21)16(22)13-5-3-2-4-6-13/h2-11H,1H3/b15-11+. The van der Waals surface area contributed by atoms with Gasteiger partial charge in [0.15, 0.2) is 5.78 Å². The Hall–Kier alpha value is -2.89. The minimum atomic E-state index is -4.80. The number of halogens is 3. The number of alkyl halides is 3. The van der Waals surface area contributed by atoms with Gasteiger partial charge in [0.2, 0.25) is 0 Å². The Bertz CT molecular complexity index is 760. The lowest BCUT2D eigenvalue weighted by molar-refractivity contribution is -0.0878. The Morgan fingerprint density at radius 2 is 1.50 bits per heavy atom. The molecule has 24 heavy (non-hydrogen) atoms. The van der Waals surface area contributed by atoms with E-state index < -0.39 is 23.5 Å². The smallest absolute Gasteiger partial charge is 0.420 e. The van der Waals surface area contributed by atoms with Crippen LogP contribution in [-0.2, 0) is 4.74 Å². The second-order valence-corrected chi connectivity index (χ2v) is 4.86. The molecule has 0 radical (unpaired) electrons. The van der Waals surface area contributed by atoms with Crippen molar-refractivity contribution in [3.63, 3.8) is 0 Å². The van der Waals surface area contributed by atoms with E-state index in [1.54, 1.807) is 6.07 Å². The van der Waals surface area contributed by atoms with Gasteiger partial charge in [0, 0.05) is 5.56 Å². The maximum absolute atomic E-state index is 13.2. The molecule has 0 amide bonds. The number of carbonyl (C=O) groups is 2. The van der Waals surface area contributed by atoms with Gasteiger partial charge in [-0.2, -0.15) is 13.2 Å². The van der Waals surface area contributed by atoms with E-state index in [0.717, 1.165) is 6.08 Å². The Morgan fingerprint density at radius 1 is 0.917 bits per heavy atom. The van der Waals surface area contributed by atoms with Crippen LogP contribution in [0.1, 0.15) is 26.3 Å². The maximum Gasteiger partial charge on any atom is 0.420 e. The molecule has 0 fully saturated rings. The Morgan fingerprint density at radius 3 is 2.00 bits per heavy atom. The van der Waals surface area contributed by atoms with E-state index in [1.165, 1.54) is 55.6 Å². The van der Waals surface area contributed by atoms with Crippen molar-refractivity contribution in [3.05, 3.63) is 76.9 Å². The summed E-state index contributed by atoms with van der Waals surface area (Å²) >= 11 is 0. The van der Waals surface area contributed by atoms with Gasteiger partial charge in [0.05, 0.1) is 12.7 Å². The number of hydrogen-bond donors (Lipinski definition) is 0. The van der Waals surface area contributed by atoms with Crippen LogP contribution in [0.15, 0.2) is 60.2 Å². The minimum Gasteiger partial charge on any atom is -0.465 e. The van der Waals surface area contributed by atoms with Crippen molar-refractivity contribution < 1.29 is 27.5 Å². The molecule has 0 unspecified atom stereocenters. The third-order valence-electron chi connectivity index (χ3n) is 3.23. The van der Waals surface area contributed by atoms with E-state index in [9.17, 15) is 22.8 Å². The first-order valence-corrected chi connectivity index (χ1v) is 6.90. The molecular weight excluding hydrogens is 321 g/mol. The van der Waals surface area contributed by atoms with Crippen LogP contribution in [0.5, 0.6) is 0 Å². The highest BCUT2D eigenvalue weighted by molar-refractivity contribution is 6.12. The monoisotopic (exact) mass is 334 g/mol. The van der Waals surface area contributed by atoms with E-state index in [0.29, 0.717) is 0 Å². The van der Waals surface area contributed by atoms with Crippen LogP contribution in [-0.4, -0.2) is 25.0 Å². The number of carbonyl (C=O) groups excluding carboxylic acids is 2. The molecule has 0 aliphatic rings. The summed E-state index contributed by atoms with van der Waals surface area (Å²) in [5, 5.41) is 0. The van der Waals surface area contributed by atoms with Crippen molar-refractivity contribution in [1.82, 2.24) is 0 Å². The Labute approximate surface area is 136 Å². The topological polar surface area (TPSA) is 43.4 Å². The SMILES string of the molecule is COC(=O)c1ccc(/C=C(\C(=O)c2ccccc2)C(F)(F)F)cc1. The second kappa shape index (κ2) is 7.12. The largest absolute Gasteiger partial charge is 0.465 e. The lowest BCUT2D eigenvalue weighted by Crippen LogP contribution is -2.20. The highest BCUT2D eigenvalue weighted by Crippen LogP contribution is 2.30. The van der Waals surface area contributed by atoms with E-state index in [2.05, 4.69) is 4.74 Å². The highest BCUT2D eigenvalue weighted by atomic mass is 19.4. The summed E-state index contributed by atoms with van der Waals surface area (Å²) in [7, 11) is 1.20. The molecule has 0 saturated carbocycles. The summed E-state index contributed by atoms with van der Waals surface area (Å²) in [5.74, 6) is -1.71. The first kappa shape index (κ1) is 17.5. The zero-order chi connectivity index (χ0) is 17.7. The number of ether oxygens (including phenoxy) is 1. The van der Waals surface area contributed by atoms with Gasteiger partial charge in [0.1, 0.15) is 5.57 Å². The fourth-order valence-electron chi connectivity index (χ4n) is 2.02. The highest BCUT2D eigenvalue weighted by Gasteiger charge is 2.38. The van der Waals surface area contributed by atoms with Gasteiger partial charge < -0.3 is 4.74 Å². The van der Waals surface area contributed by atoms with Crippen LogP contribution < -0.4 is 0 Å². The summed E-state index contributed by atoms with van der Waals surface area (Å²) in [4.78, 5) is 23.5. The number of methoxy groups -OCH3 is 1. The molecule has 2 rings (SSSR count). The predicted octanol–water partition coefficient (Wildman–Crippen LogP) is 4.30. The van der Waals surface area contributed by atoms with Gasteiger partial charge in [0.25, 0.3) is 0 Å². The van der Waals surface area contributed by atoms with E-state index in [1.807, 2.05) is 0 Å².